The molecule has 1 aromatic carbocycles. The molecule has 0 amide bonds. The van der Waals surface area contributed by atoms with E-state index in [0.29, 0.717) is 0 Å². The maximum absolute atomic E-state index is 6.37. The lowest BCUT2D eigenvalue weighted by Gasteiger charge is -2.31. The fourth-order valence-corrected chi connectivity index (χ4v) is 2.99. The van der Waals surface area contributed by atoms with Crippen LogP contribution in [0.3, 0.4) is 0 Å². The number of hydrogen-bond donors (Lipinski definition) is 1. The number of aromatic nitrogens is 2. The first-order valence-corrected chi connectivity index (χ1v) is 7.31. The molecule has 0 radical (unpaired) electrons. The Labute approximate surface area is 124 Å². The van der Waals surface area contributed by atoms with Crippen molar-refractivity contribution in [2.75, 3.05) is 11.4 Å². The topological polar surface area (TPSA) is 47.1 Å². The van der Waals surface area contributed by atoms with Crippen LogP contribution in [-0.2, 0) is 19.5 Å². The fourth-order valence-electron chi connectivity index (χ4n) is 2.75. The molecule has 4 nitrogen and oxygen atoms in total. The number of hydrogen-bond acceptors (Lipinski definition) is 3. The van der Waals surface area contributed by atoms with E-state index in [0.717, 1.165) is 42.5 Å². The monoisotopic (exact) mass is 290 g/mol. The second-order valence-corrected chi connectivity index (χ2v) is 5.78. The summed E-state index contributed by atoms with van der Waals surface area (Å²) < 4.78 is 2.20. The molecule has 2 aromatic rings. The zero-order valence-electron chi connectivity index (χ0n) is 11.6. The summed E-state index contributed by atoms with van der Waals surface area (Å²) in [6.07, 6.45) is 4.69. The van der Waals surface area contributed by atoms with Gasteiger partial charge in [0.25, 0.3) is 0 Å². The SMILES string of the molecule is CC(N)Cc1c(Cl)cccc1N1CCn2ccnc2C1. The van der Waals surface area contributed by atoms with Gasteiger partial charge in [-0.2, -0.15) is 0 Å². The van der Waals surface area contributed by atoms with Crippen molar-refractivity contribution in [1.29, 1.82) is 0 Å². The van der Waals surface area contributed by atoms with E-state index in [1.165, 1.54) is 5.69 Å². The van der Waals surface area contributed by atoms with Crippen molar-refractivity contribution in [3.8, 4) is 0 Å². The van der Waals surface area contributed by atoms with Crippen LogP contribution in [0, 0.1) is 0 Å². The number of imidazole rings is 1. The average molecular weight is 291 g/mol. The third kappa shape index (κ3) is 2.53. The van der Waals surface area contributed by atoms with Crippen LogP contribution in [0.4, 0.5) is 5.69 Å². The third-order valence-electron chi connectivity index (χ3n) is 3.71. The maximum Gasteiger partial charge on any atom is 0.128 e. The van der Waals surface area contributed by atoms with Gasteiger partial charge in [-0.15, -0.1) is 0 Å². The Balaban J connectivity index is 1.93. The van der Waals surface area contributed by atoms with Crippen molar-refractivity contribution >= 4 is 17.3 Å². The van der Waals surface area contributed by atoms with Gasteiger partial charge in [-0.3, -0.25) is 0 Å². The number of rotatable bonds is 3. The lowest BCUT2D eigenvalue weighted by Crippen LogP contribution is -2.34. The predicted molar refractivity (Wildman–Crippen MR) is 82.1 cm³/mol. The van der Waals surface area contributed by atoms with Gasteiger partial charge in [0, 0.05) is 42.2 Å². The fraction of sp³-hybridized carbons (Fsp3) is 0.400. The van der Waals surface area contributed by atoms with Crippen LogP contribution in [0.25, 0.3) is 0 Å². The van der Waals surface area contributed by atoms with E-state index in [1.54, 1.807) is 0 Å². The molecule has 0 bridgehead atoms. The number of fused-ring (bicyclic) bond motifs is 1. The lowest BCUT2D eigenvalue weighted by atomic mass is 10.0. The highest BCUT2D eigenvalue weighted by atomic mass is 35.5. The van der Waals surface area contributed by atoms with E-state index < -0.39 is 0 Å². The highest BCUT2D eigenvalue weighted by Gasteiger charge is 2.20. The number of nitrogens with zero attached hydrogens (tertiary/aromatic N) is 3. The summed E-state index contributed by atoms with van der Waals surface area (Å²) in [4.78, 5) is 6.75. The molecule has 3 rings (SSSR count). The van der Waals surface area contributed by atoms with Gasteiger partial charge in [-0.25, -0.2) is 4.98 Å². The van der Waals surface area contributed by atoms with Crippen LogP contribution < -0.4 is 10.6 Å². The highest BCUT2D eigenvalue weighted by Crippen LogP contribution is 2.30. The first kappa shape index (κ1) is 13.5. The summed E-state index contributed by atoms with van der Waals surface area (Å²) in [6.45, 7) is 4.75. The highest BCUT2D eigenvalue weighted by molar-refractivity contribution is 6.31. The molecule has 0 saturated heterocycles. The van der Waals surface area contributed by atoms with Crippen molar-refractivity contribution in [1.82, 2.24) is 9.55 Å². The third-order valence-corrected chi connectivity index (χ3v) is 4.06. The molecule has 1 atom stereocenters. The van der Waals surface area contributed by atoms with Crippen molar-refractivity contribution in [2.45, 2.75) is 32.5 Å². The van der Waals surface area contributed by atoms with Crippen molar-refractivity contribution in [2.24, 2.45) is 5.73 Å². The molecule has 1 aliphatic heterocycles. The smallest absolute Gasteiger partial charge is 0.128 e. The van der Waals surface area contributed by atoms with Gasteiger partial charge in [0.1, 0.15) is 5.82 Å². The molecule has 2 heterocycles. The normalized spacial score (nSPS) is 16.1. The van der Waals surface area contributed by atoms with E-state index >= 15 is 0 Å². The minimum Gasteiger partial charge on any atom is -0.362 e. The van der Waals surface area contributed by atoms with E-state index in [2.05, 4.69) is 20.5 Å². The maximum atomic E-state index is 6.37. The summed E-state index contributed by atoms with van der Waals surface area (Å²) in [5.74, 6) is 1.10. The Kier molecular flexibility index (Phi) is 3.68. The lowest BCUT2D eigenvalue weighted by molar-refractivity contribution is 0.558. The Hall–Kier alpha value is -1.52. The van der Waals surface area contributed by atoms with Gasteiger partial charge in [0.05, 0.1) is 6.54 Å². The Morgan fingerprint density at radius 3 is 3.05 bits per heavy atom. The molecular weight excluding hydrogens is 272 g/mol. The van der Waals surface area contributed by atoms with E-state index in [1.807, 2.05) is 31.5 Å². The van der Waals surface area contributed by atoms with Crippen molar-refractivity contribution in [3.63, 3.8) is 0 Å². The largest absolute Gasteiger partial charge is 0.362 e. The second-order valence-electron chi connectivity index (χ2n) is 5.38. The Bertz CT molecular complexity index is 606. The van der Waals surface area contributed by atoms with Crippen molar-refractivity contribution in [3.05, 3.63) is 47.0 Å². The molecule has 1 unspecified atom stereocenters. The number of nitrogens with two attached hydrogens (primary N) is 1. The first-order valence-electron chi connectivity index (χ1n) is 6.93. The average Bonchev–Trinajstić information content (AvgIpc) is 2.88. The molecule has 5 heteroatoms. The molecule has 1 aliphatic rings. The summed E-state index contributed by atoms with van der Waals surface area (Å²) >= 11 is 6.37. The van der Waals surface area contributed by atoms with Crippen molar-refractivity contribution < 1.29 is 0 Å². The summed E-state index contributed by atoms with van der Waals surface area (Å²) in [6, 6.07) is 6.17. The molecule has 0 saturated carbocycles. The van der Waals surface area contributed by atoms with Gasteiger partial charge >= 0.3 is 0 Å². The molecule has 2 N–H and O–H groups in total. The van der Waals surface area contributed by atoms with Crippen LogP contribution >= 0.6 is 11.6 Å². The van der Waals surface area contributed by atoms with Gasteiger partial charge in [-0.05, 0) is 31.0 Å². The Morgan fingerprint density at radius 2 is 2.25 bits per heavy atom. The summed E-state index contributed by atoms with van der Waals surface area (Å²) in [5.41, 5.74) is 8.29. The van der Waals surface area contributed by atoms with Gasteiger partial charge in [0.2, 0.25) is 0 Å². The summed E-state index contributed by atoms with van der Waals surface area (Å²) in [5, 5.41) is 0.800. The van der Waals surface area contributed by atoms with E-state index in [4.69, 9.17) is 17.3 Å². The number of benzene rings is 1. The molecule has 0 fully saturated rings. The standard InChI is InChI=1S/C15H19ClN4/c1-11(17)9-12-13(16)3-2-4-14(12)20-8-7-19-6-5-18-15(19)10-20/h2-6,11H,7-10,17H2,1H3. The number of halogens is 1. The zero-order valence-corrected chi connectivity index (χ0v) is 12.3. The quantitative estimate of drug-likeness (QED) is 0.944. The van der Waals surface area contributed by atoms with Gasteiger partial charge < -0.3 is 15.2 Å². The molecule has 0 aliphatic carbocycles. The van der Waals surface area contributed by atoms with Crippen LogP contribution in [0.5, 0.6) is 0 Å². The minimum absolute atomic E-state index is 0.0976. The second kappa shape index (κ2) is 5.46. The molecule has 20 heavy (non-hydrogen) atoms. The molecule has 0 spiro atoms. The molecular formula is C15H19ClN4. The van der Waals surface area contributed by atoms with Gasteiger partial charge in [0.15, 0.2) is 0 Å². The predicted octanol–water partition coefficient (Wildman–Crippen LogP) is 2.45. The van der Waals surface area contributed by atoms with E-state index in [9.17, 15) is 0 Å². The molecule has 106 valence electrons. The van der Waals surface area contributed by atoms with Crippen LogP contribution in [0.2, 0.25) is 5.02 Å². The zero-order chi connectivity index (χ0) is 14.1. The number of anilines is 1. The van der Waals surface area contributed by atoms with Crippen LogP contribution in [0.15, 0.2) is 30.6 Å². The first-order chi connectivity index (χ1) is 9.65. The molecule has 1 aromatic heterocycles. The minimum atomic E-state index is 0.0976. The van der Waals surface area contributed by atoms with Gasteiger partial charge in [-0.1, -0.05) is 17.7 Å². The Morgan fingerprint density at radius 1 is 1.40 bits per heavy atom. The summed E-state index contributed by atoms with van der Waals surface area (Å²) in [7, 11) is 0. The van der Waals surface area contributed by atoms with Crippen LogP contribution in [-0.4, -0.2) is 22.1 Å². The van der Waals surface area contributed by atoms with Crippen LogP contribution in [0.1, 0.15) is 18.3 Å². The van der Waals surface area contributed by atoms with E-state index in [-0.39, 0.29) is 6.04 Å².